The Morgan fingerprint density at radius 2 is 2.10 bits per heavy atom. The lowest BCUT2D eigenvalue weighted by Gasteiger charge is -2.18. The number of likely N-dealkylation sites (N-methyl/N-ethyl adjacent to an activating group) is 1. The fraction of sp³-hybridized carbons (Fsp3) is 0.312. The van der Waals surface area contributed by atoms with Gasteiger partial charge in [0.05, 0.1) is 7.11 Å². The van der Waals surface area contributed by atoms with Crippen molar-refractivity contribution < 1.29 is 4.74 Å². The minimum Gasteiger partial charge on any atom is -0.496 e. The molecule has 0 saturated heterocycles. The van der Waals surface area contributed by atoms with Crippen LogP contribution in [-0.2, 0) is 13.0 Å². The third kappa shape index (κ3) is 3.96. The monoisotopic (exact) mass is 271 g/mol. The fourth-order valence-corrected chi connectivity index (χ4v) is 2.14. The fourth-order valence-electron chi connectivity index (χ4n) is 2.14. The first-order valence-electron chi connectivity index (χ1n) is 6.70. The molecule has 1 aromatic heterocycles. The van der Waals surface area contributed by atoms with Crippen molar-refractivity contribution in [2.24, 2.45) is 0 Å². The minimum absolute atomic E-state index is 0.763. The van der Waals surface area contributed by atoms with Crippen LogP contribution in [0.3, 0.4) is 0 Å². The molecule has 0 aliphatic carbocycles. The van der Waals surface area contributed by atoms with Gasteiger partial charge >= 0.3 is 0 Å². The number of aromatic nitrogens is 1. The first-order valence-corrected chi connectivity index (χ1v) is 6.70. The number of hydrogen-bond donors (Lipinski definition) is 1. The lowest BCUT2D eigenvalue weighted by Crippen LogP contribution is -2.21. The second-order valence-corrected chi connectivity index (χ2v) is 4.88. The van der Waals surface area contributed by atoms with Gasteiger partial charge in [-0.2, -0.15) is 0 Å². The summed E-state index contributed by atoms with van der Waals surface area (Å²) in [5.41, 5.74) is 8.82. The van der Waals surface area contributed by atoms with Crippen LogP contribution < -0.4 is 10.5 Å². The summed E-state index contributed by atoms with van der Waals surface area (Å²) in [6, 6.07) is 11.7. The Morgan fingerprint density at radius 3 is 2.80 bits per heavy atom. The highest BCUT2D eigenvalue weighted by Gasteiger charge is 2.07. The Balaban J connectivity index is 1.94. The maximum absolute atomic E-state index is 5.84. The average molecular weight is 271 g/mol. The molecule has 0 aliphatic heterocycles. The molecule has 2 rings (SSSR count). The molecule has 0 fully saturated rings. The van der Waals surface area contributed by atoms with Crippen LogP contribution in [0.5, 0.6) is 5.75 Å². The lowest BCUT2D eigenvalue weighted by atomic mass is 10.1. The van der Waals surface area contributed by atoms with Crippen LogP contribution in [0.1, 0.15) is 11.3 Å². The van der Waals surface area contributed by atoms with Crippen LogP contribution >= 0.6 is 0 Å². The SMILES string of the molecule is COc1ccc(N)cc1CN(C)CCc1ccccn1. The Kier molecular flexibility index (Phi) is 4.96. The summed E-state index contributed by atoms with van der Waals surface area (Å²) in [6.07, 6.45) is 2.76. The van der Waals surface area contributed by atoms with Gasteiger partial charge in [-0.3, -0.25) is 4.98 Å². The molecule has 4 heteroatoms. The predicted molar refractivity (Wildman–Crippen MR) is 81.7 cm³/mol. The van der Waals surface area contributed by atoms with Crippen LogP contribution in [0.2, 0.25) is 0 Å². The van der Waals surface area contributed by atoms with E-state index in [1.165, 1.54) is 0 Å². The molecule has 2 aromatic rings. The number of nitrogens with zero attached hydrogens (tertiary/aromatic N) is 2. The molecular weight excluding hydrogens is 250 g/mol. The van der Waals surface area contributed by atoms with Gasteiger partial charge in [-0.15, -0.1) is 0 Å². The van der Waals surface area contributed by atoms with Gasteiger partial charge in [0.1, 0.15) is 5.75 Å². The molecule has 0 radical (unpaired) electrons. The van der Waals surface area contributed by atoms with Crippen molar-refractivity contribution >= 4 is 5.69 Å². The molecule has 0 aliphatic rings. The zero-order valence-electron chi connectivity index (χ0n) is 12.0. The van der Waals surface area contributed by atoms with E-state index in [9.17, 15) is 0 Å². The molecule has 0 saturated carbocycles. The van der Waals surface area contributed by atoms with Crippen molar-refractivity contribution in [1.82, 2.24) is 9.88 Å². The van der Waals surface area contributed by atoms with Crippen molar-refractivity contribution in [1.29, 1.82) is 0 Å². The summed E-state index contributed by atoms with van der Waals surface area (Å²) in [5.74, 6) is 0.879. The summed E-state index contributed by atoms with van der Waals surface area (Å²) < 4.78 is 5.37. The van der Waals surface area contributed by atoms with Gasteiger partial charge < -0.3 is 15.4 Å². The molecule has 106 valence electrons. The maximum Gasteiger partial charge on any atom is 0.123 e. The number of nitrogen functional groups attached to an aromatic ring is 1. The largest absolute Gasteiger partial charge is 0.496 e. The molecule has 2 N–H and O–H groups in total. The van der Waals surface area contributed by atoms with E-state index in [1.807, 2.05) is 36.5 Å². The normalized spacial score (nSPS) is 10.8. The Bertz CT molecular complexity index is 543. The van der Waals surface area contributed by atoms with Gasteiger partial charge in [-0.25, -0.2) is 0 Å². The smallest absolute Gasteiger partial charge is 0.123 e. The molecule has 0 atom stereocenters. The van der Waals surface area contributed by atoms with Gasteiger partial charge in [-0.1, -0.05) is 6.07 Å². The summed E-state index contributed by atoms with van der Waals surface area (Å²) >= 11 is 0. The summed E-state index contributed by atoms with van der Waals surface area (Å²) in [4.78, 5) is 6.58. The number of methoxy groups -OCH3 is 1. The lowest BCUT2D eigenvalue weighted by molar-refractivity contribution is 0.320. The van der Waals surface area contributed by atoms with Crippen molar-refractivity contribution in [2.75, 3.05) is 26.4 Å². The van der Waals surface area contributed by atoms with E-state index in [1.54, 1.807) is 7.11 Å². The van der Waals surface area contributed by atoms with Gasteiger partial charge in [0, 0.05) is 42.7 Å². The van der Waals surface area contributed by atoms with Crippen molar-refractivity contribution in [3.8, 4) is 5.75 Å². The zero-order chi connectivity index (χ0) is 14.4. The number of pyridine rings is 1. The highest BCUT2D eigenvalue weighted by Crippen LogP contribution is 2.22. The third-order valence-electron chi connectivity index (χ3n) is 3.22. The molecule has 1 heterocycles. The highest BCUT2D eigenvalue weighted by molar-refractivity contribution is 5.47. The van der Waals surface area contributed by atoms with E-state index in [-0.39, 0.29) is 0 Å². The predicted octanol–water partition coefficient (Wildman–Crippen LogP) is 2.35. The van der Waals surface area contributed by atoms with Gasteiger partial charge in [-0.05, 0) is 37.4 Å². The molecular formula is C16H21N3O. The number of nitrogens with two attached hydrogens (primary N) is 1. The van der Waals surface area contributed by atoms with Crippen molar-refractivity contribution in [3.05, 3.63) is 53.9 Å². The molecule has 0 spiro atoms. The molecule has 1 aromatic carbocycles. The van der Waals surface area contributed by atoms with E-state index < -0.39 is 0 Å². The van der Waals surface area contributed by atoms with Crippen LogP contribution in [0.25, 0.3) is 0 Å². The molecule has 4 nitrogen and oxygen atoms in total. The van der Waals surface area contributed by atoms with Crippen LogP contribution in [-0.4, -0.2) is 30.6 Å². The van der Waals surface area contributed by atoms with Gasteiger partial charge in [0.25, 0.3) is 0 Å². The van der Waals surface area contributed by atoms with Gasteiger partial charge in [0.2, 0.25) is 0 Å². The van der Waals surface area contributed by atoms with E-state index in [4.69, 9.17) is 10.5 Å². The maximum atomic E-state index is 5.84. The quantitative estimate of drug-likeness (QED) is 0.819. The second-order valence-electron chi connectivity index (χ2n) is 4.88. The van der Waals surface area contributed by atoms with E-state index in [0.717, 1.165) is 42.2 Å². The first kappa shape index (κ1) is 14.3. The van der Waals surface area contributed by atoms with E-state index in [2.05, 4.69) is 23.0 Å². The number of benzene rings is 1. The number of anilines is 1. The van der Waals surface area contributed by atoms with Gasteiger partial charge in [0.15, 0.2) is 0 Å². The zero-order valence-corrected chi connectivity index (χ0v) is 12.0. The van der Waals surface area contributed by atoms with E-state index >= 15 is 0 Å². The third-order valence-corrected chi connectivity index (χ3v) is 3.22. The second kappa shape index (κ2) is 6.91. The standard InChI is InChI=1S/C16H21N3O/c1-19(10-8-15-5-3-4-9-18-15)12-13-11-14(17)6-7-16(13)20-2/h3-7,9,11H,8,10,12,17H2,1-2H3. The minimum atomic E-state index is 0.763. The van der Waals surface area contributed by atoms with Crippen molar-refractivity contribution in [2.45, 2.75) is 13.0 Å². The number of rotatable bonds is 6. The summed E-state index contributed by atoms with van der Waals surface area (Å²) in [7, 11) is 3.77. The Morgan fingerprint density at radius 1 is 1.25 bits per heavy atom. The summed E-state index contributed by atoms with van der Waals surface area (Å²) in [6.45, 7) is 1.75. The Labute approximate surface area is 120 Å². The average Bonchev–Trinajstić information content (AvgIpc) is 2.46. The van der Waals surface area contributed by atoms with Crippen LogP contribution in [0.4, 0.5) is 5.69 Å². The number of ether oxygens (including phenoxy) is 1. The van der Waals surface area contributed by atoms with Crippen LogP contribution in [0.15, 0.2) is 42.6 Å². The summed E-state index contributed by atoms with van der Waals surface area (Å²) in [5, 5.41) is 0. The molecule has 0 amide bonds. The molecule has 0 bridgehead atoms. The Hall–Kier alpha value is -2.07. The number of hydrogen-bond acceptors (Lipinski definition) is 4. The van der Waals surface area contributed by atoms with Crippen LogP contribution in [0, 0.1) is 0 Å². The topological polar surface area (TPSA) is 51.4 Å². The molecule has 0 unspecified atom stereocenters. The molecule has 20 heavy (non-hydrogen) atoms. The van der Waals surface area contributed by atoms with E-state index in [0.29, 0.717) is 0 Å². The van der Waals surface area contributed by atoms with Crippen molar-refractivity contribution in [3.63, 3.8) is 0 Å². The first-order chi connectivity index (χ1) is 9.69. The highest BCUT2D eigenvalue weighted by atomic mass is 16.5.